The first-order valence-corrected chi connectivity index (χ1v) is 7.06. The van der Waals surface area contributed by atoms with Crippen LogP contribution in [0.2, 0.25) is 0 Å². The predicted molar refractivity (Wildman–Crippen MR) is 69.1 cm³/mol. The van der Waals surface area contributed by atoms with E-state index in [-0.39, 0.29) is 0 Å². The van der Waals surface area contributed by atoms with Crippen molar-refractivity contribution >= 4 is 0 Å². The van der Waals surface area contributed by atoms with Crippen molar-refractivity contribution in [2.75, 3.05) is 0 Å². The van der Waals surface area contributed by atoms with Crippen LogP contribution in [-0.4, -0.2) is 16.0 Å². The minimum absolute atomic E-state index is 0.406. The highest BCUT2D eigenvalue weighted by Crippen LogP contribution is 2.37. The van der Waals surface area contributed by atoms with Crippen molar-refractivity contribution in [3.8, 4) is 0 Å². The molecule has 3 heteroatoms. The summed E-state index contributed by atoms with van der Waals surface area (Å²) in [5, 5.41) is 0. The molecule has 0 aromatic carbocycles. The first kappa shape index (κ1) is 11.3. The largest absolute Gasteiger partial charge is 0.346 e. The highest BCUT2D eigenvalue weighted by Gasteiger charge is 2.31. The zero-order chi connectivity index (χ0) is 11.8. The summed E-state index contributed by atoms with van der Waals surface area (Å²) in [5.74, 6) is 2.51. The number of aryl methyl sites for hydroxylation is 1. The summed E-state index contributed by atoms with van der Waals surface area (Å²) >= 11 is 0. The molecule has 1 heterocycles. The smallest absolute Gasteiger partial charge is 0.109 e. The van der Waals surface area contributed by atoms with Crippen LogP contribution in [0.3, 0.4) is 0 Å². The number of H-pyrrole nitrogens is 1. The van der Waals surface area contributed by atoms with Gasteiger partial charge in [0.05, 0.1) is 5.69 Å². The van der Waals surface area contributed by atoms with Gasteiger partial charge in [0.15, 0.2) is 0 Å². The normalized spacial score (nSPS) is 30.2. The summed E-state index contributed by atoms with van der Waals surface area (Å²) in [4.78, 5) is 8.38. The summed E-state index contributed by atoms with van der Waals surface area (Å²) in [7, 11) is 0. The number of rotatable bonds is 2. The third-order valence-corrected chi connectivity index (χ3v) is 4.49. The van der Waals surface area contributed by atoms with Crippen molar-refractivity contribution in [3.05, 3.63) is 17.2 Å². The van der Waals surface area contributed by atoms with E-state index in [1.165, 1.54) is 49.3 Å². The summed E-state index contributed by atoms with van der Waals surface area (Å²) < 4.78 is 0. The van der Waals surface area contributed by atoms with Gasteiger partial charge in [-0.25, -0.2) is 4.98 Å². The molecule has 17 heavy (non-hydrogen) atoms. The summed E-state index contributed by atoms with van der Waals surface area (Å²) in [5.41, 5.74) is 8.50. The molecule has 0 amide bonds. The molecule has 2 aliphatic carbocycles. The standard InChI is InChI=1S/C14H23N3/c1-9-13(10-5-3-2-4-6-10)17-14(16-9)11-7-12(15)8-11/h10-12H,2-8,15H2,1H3,(H,16,17). The summed E-state index contributed by atoms with van der Waals surface area (Å²) in [6.07, 6.45) is 9.03. The molecule has 0 radical (unpaired) electrons. The van der Waals surface area contributed by atoms with E-state index >= 15 is 0 Å². The monoisotopic (exact) mass is 233 g/mol. The fourth-order valence-corrected chi connectivity index (χ4v) is 3.35. The molecule has 3 N–H and O–H groups in total. The highest BCUT2D eigenvalue weighted by molar-refractivity contribution is 5.21. The zero-order valence-electron chi connectivity index (χ0n) is 10.7. The number of imidazole rings is 1. The van der Waals surface area contributed by atoms with E-state index in [1.807, 2.05) is 0 Å². The van der Waals surface area contributed by atoms with E-state index in [0.29, 0.717) is 17.9 Å². The average Bonchev–Trinajstić information content (AvgIpc) is 2.68. The molecular formula is C14H23N3. The van der Waals surface area contributed by atoms with Crippen LogP contribution in [0.4, 0.5) is 0 Å². The van der Waals surface area contributed by atoms with Gasteiger partial charge in [-0.2, -0.15) is 0 Å². The predicted octanol–water partition coefficient (Wildman–Crippen LogP) is 2.97. The molecule has 3 rings (SSSR count). The Morgan fingerprint density at radius 3 is 2.47 bits per heavy atom. The number of nitrogens with zero attached hydrogens (tertiary/aromatic N) is 1. The molecule has 2 saturated carbocycles. The number of nitrogens with two attached hydrogens (primary N) is 1. The second-order valence-corrected chi connectivity index (χ2v) is 5.90. The molecule has 1 aromatic heterocycles. The van der Waals surface area contributed by atoms with Crippen molar-refractivity contribution in [3.63, 3.8) is 0 Å². The molecular weight excluding hydrogens is 210 g/mol. The van der Waals surface area contributed by atoms with Crippen molar-refractivity contribution in [2.24, 2.45) is 5.73 Å². The molecule has 2 aliphatic rings. The van der Waals surface area contributed by atoms with Gasteiger partial charge >= 0.3 is 0 Å². The fourth-order valence-electron chi connectivity index (χ4n) is 3.35. The number of aromatic nitrogens is 2. The highest BCUT2D eigenvalue weighted by atomic mass is 15.0. The van der Waals surface area contributed by atoms with E-state index in [0.717, 1.165) is 12.8 Å². The average molecular weight is 233 g/mol. The summed E-state index contributed by atoms with van der Waals surface area (Å²) in [6, 6.07) is 0.406. The van der Waals surface area contributed by atoms with Gasteiger partial charge in [-0.05, 0) is 32.6 Å². The van der Waals surface area contributed by atoms with Crippen molar-refractivity contribution in [1.29, 1.82) is 0 Å². The Labute approximate surface area is 103 Å². The molecule has 0 unspecified atom stereocenters. The number of hydrogen-bond acceptors (Lipinski definition) is 2. The Hall–Kier alpha value is -0.830. The first-order chi connectivity index (χ1) is 8.24. The molecule has 0 saturated heterocycles. The zero-order valence-corrected chi connectivity index (χ0v) is 10.7. The van der Waals surface area contributed by atoms with Gasteiger partial charge in [0.2, 0.25) is 0 Å². The van der Waals surface area contributed by atoms with Crippen LogP contribution in [0.1, 0.15) is 74.0 Å². The Bertz CT molecular complexity index is 384. The molecule has 0 atom stereocenters. The Morgan fingerprint density at radius 1 is 1.12 bits per heavy atom. The number of aromatic amines is 1. The first-order valence-electron chi connectivity index (χ1n) is 7.06. The maximum Gasteiger partial charge on any atom is 0.109 e. The molecule has 94 valence electrons. The van der Waals surface area contributed by atoms with Crippen molar-refractivity contribution < 1.29 is 0 Å². The van der Waals surface area contributed by atoms with Gasteiger partial charge < -0.3 is 10.7 Å². The van der Waals surface area contributed by atoms with Crippen LogP contribution in [-0.2, 0) is 0 Å². The van der Waals surface area contributed by atoms with Crippen molar-refractivity contribution in [2.45, 2.75) is 69.7 Å². The van der Waals surface area contributed by atoms with Crippen LogP contribution < -0.4 is 5.73 Å². The van der Waals surface area contributed by atoms with Crippen LogP contribution in [0, 0.1) is 6.92 Å². The summed E-state index contributed by atoms with van der Waals surface area (Å²) in [6.45, 7) is 2.18. The molecule has 0 spiro atoms. The minimum atomic E-state index is 0.406. The molecule has 2 fully saturated rings. The van der Waals surface area contributed by atoms with Crippen LogP contribution in [0.25, 0.3) is 0 Å². The van der Waals surface area contributed by atoms with Crippen LogP contribution >= 0.6 is 0 Å². The second kappa shape index (κ2) is 4.45. The van der Waals surface area contributed by atoms with Crippen LogP contribution in [0.5, 0.6) is 0 Å². The maximum atomic E-state index is 5.85. The molecule has 1 aromatic rings. The van der Waals surface area contributed by atoms with E-state index < -0.39 is 0 Å². The molecule has 0 aliphatic heterocycles. The number of nitrogens with one attached hydrogen (secondary N) is 1. The van der Waals surface area contributed by atoms with Gasteiger partial charge in [-0.1, -0.05) is 19.3 Å². The van der Waals surface area contributed by atoms with E-state index in [1.54, 1.807) is 0 Å². The van der Waals surface area contributed by atoms with Gasteiger partial charge in [0, 0.05) is 23.6 Å². The minimum Gasteiger partial charge on any atom is -0.346 e. The second-order valence-electron chi connectivity index (χ2n) is 5.90. The van der Waals surface area contributed by atoms with Gasteiger partial charge in [0.25, 0.3) is 0 Å². The molecule has 3 nitrogen and oxygen atoms in total. The quantitative estimate of drug-likeness (QED) is 0.825. The van der Waals surface area contributed by atoms with E-state index in [4.69, 9.17) is 10.7 Å². The van der Waals surface area contributed by atoms with Crippen molar-refractivity contribution in [1.82, 2.24) is 9.97 Å². The van der Waals surface area contributed by atoms with Crippen LogP contribution in [0.15, 0.2) is 0 Å². The fraction of sp³-hybridized carbons (Fsp3) is 0.786. The third-order valence-electron chi connectivity index (χ3n) is 4.49. The van der Waals surface area contributed by atoms with Gasteiger partial charge in [0.1, 0.15) is 5.82 Å². The Morgan fingerprint density at radius 2 is 1.82 bits per heavy atom. The number of hydrogen-bond donors (Lipinski definition) is 2. The lowest BCUT2D eigenvalue weighted by Crippen LogP contribution is -2.35. The van der Waals surface area contributed by atoms with E-state index in [9.17, 15) is 0 Å². The third kappa shape index (κ3) is 2.13. The topological polar surface area (TPSA) is 54.7 Å². The molecule has 0 bridgehead atoms. The Kier molecular flexibility index (Phi) is 2.95. The lowest BCUT2D eigenvalue weighted by molar-refractivity contribution is 0.339. The lowest BCUT2D eigenvalue weighted by Gasteiger charge is -2.30. The Balaban J connectivity index is 1.75. The van der Waals surface area contributed by atoms with E-state index in [2.05, 4.69) is 11.9 Å². The van der Waals surface area contributed by atoms with Gasteiger partial charge in [-0.3, -0.25) is 0 Å². The lowest BCUT2D eigenvalue weighted by atomic mass is 9.80. The van der Waals surface area contributed by atoms with Gasteiger partial charge in [-0.15, -0.1) is 0 Å². The maximum absolute atomic E-state index is 5.85. The SMILES string of the molecule is Cc1[nH]c(C2CC(N)C2)nc1C1CCCCC1.